The van der Waals surface area contributed by atoms with Crippen LogP contribution in [0.5, 0.6) is 0 Å². The Labute approximate surface area is 123 Å². The number of aromatic nitrogens is 2. The number of anilines is 1. The van der Waals surface area contributed by atoms with Gasteiger partial charge in [0, 0.05) is 11.6 Å². The van der Waals surface area contributed by atoms with E-state index in [0.29, 0.717) is 11.1 Å². The monoisotopic (exact) mass is 286 g/mol. The van der Waals surface area contributed by atoms with Crippen molar-refractivity contribution in [3.63, 3.8) is 0 Å². The molecular weight excluding hydrogens is 268 g/mol. The highest BCUT2D eigenvalue weighted by molar-refractivity contribution is 7.99. The number of nitrogens with two attached hydrogens (primary N) is 1. The highest BCUT2D eigenvalue weighted by atomic mass is 32.2. The first-order valence-electron chi connectivity index (χ1n) is 6.89. The molecule has 1 aromatic heterocycles. The van der Waals surface area contributed by atoms with Crippen molar-refractivity contribution in [1.82, 2.24) is 9.97 Å². The van der Waals surface area contributed by atoms with Gasteiger partial charge in [0.05, 0.1) is 10.9 Å². The van der Waals surface area contributed by atoms with E-state index in [-0.39, 0.29) is 0 Å². The van der Waals surface area contributed by atoms with Gasteiger partial charge >= 0.3 is 0 Å². The number of nitrogens with zero attached hydrogens (tertiary/aromatic N) is 2. The zero-order chi connectivity index (χ0) is 13.8. The minimum absolute atomic E-state index is 0.388. The molecular formula is C15H18N4S. The van der Waals surface area contributed by atoms with E-state index in [4.69, 9.17) is 10.8 Å². The molecule has 0 spiro atoms. The first-order valence-corrected chi connectivity index (χ1v) is 7.94. The van der Waals surface area contributed by atoms with Crippen LogP contribution in [0.2, 0.25) is 0 Å². The fourth-order valence-corrected chi connectivity index (χ4v) is 3.63. The SMILES string of the molecule is NNc1cc(-c2ccccc2)nc(C2CCCCS2)n1. The zero-order valence-electron chi connectivity index (χ0n) is 11.2. The maximum Gasteiger partial charge on any atom is 0.144 e. The third kappa shape index (κ3) is 2.94. The molecule has 3 rings (SSSR count). The lowest BCUT2D eigenvalue weighted by Crippen LogP contribution is -2.13. The van der Waals surface area contributed by atoms with Crippen LogP contribution in [0, 0.1) is 0 Å². The van der Waals surface area contributed by atoms with Gasteiger partial charge in [-0.05, 0) is 18.6 Å². The molecule has 1 aromatic carbocycles. The lowest BCUT2D eigenvalue weighted by atomic mass is 10.1. The second kappa shape index (κ2) is 6.24. The Kier molecular flexibility index (Phi) is 4.18. The molecule has 20 heavy (non-hydrogen) atoms. The lowest BCUT2D eigenvalue weighted by Gasteiger charge is -2.20. The molecule has 0 amide bonds. The van der Waals surface area contributed by atoms with Gasteiger partial charge in [0.25, 0.3) is 0 Å². The summed E-state index contributed by atoms with van der Waals surface area (Å²) >= 11 is 1.95. The van der Waals surface area contributed by atoms with Gasteiger partial charge in [-0.15, -0.1) is 0 Å². The molecule has 2 aromatic rings. The van der Waals surface area contributed by atoms with Gasteiger partial charge in [0.2, 0.25) is 0 Å². The van der Waals surface area contributed by atoms with Crippen molar-refractivity contribution in [1.29, 1.82) is 0 Å². The third-order valence-electron chi connectivity index (χ3n) is 3.43. The normalized spacial score (nSPS) is 18.8. The molecule has 1 unspecified atom stereocenters. The summed E-state index contributed by atoms with van der Waals surface area (Å²) in [6.45, 7) is 0. The van der Waals surface area contributed by atoms with Crippen LogP contribution in [0.15, 0.2) is 36.4 Å². The molecule has 0 aliphatic carbocycles. The van der Waals surface area contributed by atoms with Gasteiger partial charge in [-0.2, -0.15) is 11.8 Å². The fourth-order valence-electron chi connectivity index (χ4n) is 2.38. The standard InChI is InChI=1S/C15H18N4S/c16-19-14-10-12(11-6-2-1-3-7-11)17-15(18-14)13-8-4-5-9-20-13/h1-3,6-7,10,13H,4-5,8-9,16H2,(H,17,18,19). The number of benzene rings is 1. The first-order chi connectivity index (χ1) is 9.86. The number of nitrogen functional groups attached to an aromatic ring is 1. The Morgan fingerprint density at radius 3 is 2.70 bits per heavy atom. The van der Waals surface area contributed by atoms with Gasteiger partial charge in [0.15, 0.2) is 0 Å². The predicted octanol–water partition coefficient (Wildman–Crippen LogP) is 3.39. The van der Waals surface area contributed by atoms with E-state index in [0.717, 1.165) is 23.5 Å². The molecule has 1 fully saturated rings. The summed E-state index contributed by atoms with van der Waals surface area (Å²) in [4.78, 5) is 9.28. The van der Waals surface area contributed by atoms with Gasteiger partial charge in [-0.3, -0.25) is 0 Å². The Balaban J connectivity index is 1.98. The average molecular weight is 286 g/mol. The van der Waals surface area contributed by atoms with Gasteiger partial charge in [-0.25, -0.2) is 15.8 Å². The van der Waals surface area contributed by atoms with E-state index in [1.165, 1.54) is 18.6 Å². The third-order valence-corrected chi connectivity index (χ3v) is 4.80. The molecule has 0 radical (unpaired) electrons. The van der Waals surface area contributed by atoms with Crippen molar-refractivity contribution in [2.24, 2.45) is 5.84 Å². The number of hydrazine groups is 1. The second-order valence-corrected chi connectivity index (χ2v) is 6.17. The minimum Gasteiger partial charge on any atom is -0.308 e. The predicted molar refractivity (Wildman–Crippen MR) is 84.3 cm³/mol. The minimum atomic E-state index is 0.388. The van der Waals surface area contributed by atoms with Crippen LogP contribution < -0.4 is 11.3 Å². The van der Waals surface area contributed by atoms with Crippen molar-refractivity contribution in [3.05, 3.63) is 42.2 Å². The van der Waals surface area contributed by atoms with E-state index < -0.39 is 0 Å². The molecule has 2 heterocycles. The van der Waals surface area contributed by atoms with Crippen LogP contribution in [0.1, 0.15) is 30.3 Å². The van der Waals surface area contributed by atoms with Gasteiger partial charge in [-0.1, -0.05) is 36.8 Å². The number of rotatable bonds is 3. The quantitative estimate of drug-likeness (QED) is 0.669. The summed E-state index contributed by atoms with van der Waals surface area (Å²) < 4.78 is 0. The number of nitrogens with one attached hydrogen (secondary N) is 1. The van der Waals surface area contributed by atoms with Crippen LogP contribution in [0.3, 0.4) is 0 Å². The van der Waals surface area contributed by atoms with Gasteiger partial charge in [0.1, 0.15) is 11.6 Å². The van der Waals surface area contributed by atoms with E-state index >= 15 is 0 Å². The lowest BCUT2D eigenvalue weighted by molar-refractivity contribution is 0.663. The smallest absolute Gasteiger partial charge is 0.144 e. The van der Waals surface area contributed by atoms with E-state index in [2.05, 4.69) is 22.5 Å². The maximum absolute atomic E-state index is 5.55. The maximum atomic E-state index is 5.55. The molecule has 1 aliphatic heterocycles. The Morgan fingerprint density at radius 1 is 1.15 bits per heavy atom. The van der Waals surface area contributed by atoms with Crippen molar-refractivity contribution < 1.29 is 0 Å². The van der Waals surface area contributed by atoms with Crippen LogP contribution in [0.25, 0.3) is 11.3 Å². The molecule has 1 saturated heterocycles. The van der Waals surface area contributed by atoms with Crippen LogP contribution in [-0.2, 0) is 0 Å². The topological polar surface area (TPSA) is 63.8 Å². The Morgan fingerprint density at radius 2 is 2.00 bits per heavy atom. The second-order valence-electron chi connectivity index (χ2n) is 4.86. The van der Waals surface area contributed by atoms with E-state index in [9.17, 15) is 0 Å². The molecule has 0 saturated carbocycles. The highest BCUT2D eigenvalue weighted by Crippen LogP contribution is 2.37. The number of hydrogen-bond acceptors (Lipinski definition) is 5. The molecule has 5 heteroatoms. The van der Waals surface area contributed by atoms with Crippen molar-refractivity contribution >= 4 is 17.6 Å². The molecule has 4 nitrogen and oxygen atoms in total. The summed E-state index contributed by atoms with van der Waals surface area (Å²) in [5.41, 5.74) is 4.67. The van der Waals surface area contributed by atoms with Crippen molar-refractivity contribution in [2.75, 3.05) is 11.2 Å². The molecule has 104 valence electrons. The Hall–Kier alpha value is -1.59. The largest absolute Gasteiger partial charge is 0.308 e. The summed E-state index contributed by atoms with van der Waals surface area (Å²) in [7, 11) is 0. The van der Waals surface area contributed by atoms with Crippen LogP contribution >= 0.6 is 11.8 Å². The van der Waals surface area contributed by atoms with Crippen molar-refractivity contribution in [2.45, 2.75) is 24.5 Å². The highest BCUT2D eigenvalue weighted by Gasteiger charge is 2.20. The van der Waals surface area contributed by atoms with Crippen LogP contribution in [-0.4, -0.2) is 15.7 Å². The fraction of sp³-hybridized carbons (Fsp3) is 0.333. The van der Waals surface area contributed by atoms with E-state index in [1.807, 2.05) is 36.0 Å². The molecule has 3 N–H and O–H groups in total. The summed E-state index contributed by atoms with van der Waals surface area (Å²) in [5.74, 6) is 8.31. The molecule has 1 aliphatic rings. The number of hydrogen-bond donors (Lipinski definition) is 2. The molecule has 0 bridgehead atoms. The van der Waals surface area contributed by atoms with E-state index in [1.54, 1.807) is 0 Å². The summed E-state index contributed by atoms with van der Waals surface area (Å²) in [6, 6.07) is 12.0. The summed E-state index contributed by atoms with van der Waals surface area (Å²) in [6.07, 6.45) is 3.69. The summed E-state index contributed by atoms with van der Waals surface area (Å²) in [5, 5.41) is 0.388. The molecule has 1 atom stereocenters. The first kappa shape index (κ1) is 13.4. The Bertz CT molecular complexity index is 567. The van der Waals surface area contributed by atoms with Gasteiger partial charge < -0.3 is 5.43 Å². The van der Waals surface area contributed by atoms with Crippen LogP contribution in [0.4, 0.5) is 5.82 Å². The average Bonchev–Trinajstić information content (AvgIpc) is 2.56. The zero-order valence-corrected chi connectivity index (χ0v) is 12.1. The van der Waals surface area contributed by atoms with Crippen molar-refractivity contribution in [3.8, 4) is 11.3 Å². The number of thioether (sulfide) groups is 1.